The Kier molecular flexibility index (Phi) is 3.86. The number of rotatable bonds is 4. The van der Waals surface area contributed by atoms with E-state index in [1.807, 2.05) is 13.1 Å². The molecule has 1 heterocycles. The van der Waals surface area contributed by atoms with Crippen LogP contribution >= 0.6 is 0 Å². The maximum atomic E-state index is 8.58. The van der Waals surface area contributed by atoms with E-state index in [0.29, 0.717) is 6.54 Å². The molecule has 0 fully saturated rings. The quantitative estimate of drug-likeness (QED) is 0.673. The van der Waals surface area contributed by atoms with Crippen LogP contribution in [0.4, 0.5) is 0 Å². The van der Waals surface area contributed by atoms with Crippen LogP contribution in [0.3, 0.4) is 0 Å². The third kappa shape index (κ3) is 3.13. The molecule has 0 unspecified atom stereocenters. The smallest absolute Gasteiger partial charge is 0.0556 e. The van der Waals surface area contributed by atoms with Crippen LogP contribution < -0.4 is 5.32 Å². The highest BCUT2D eigenvalue weighted by Crippen LogP contribution is 2.06. The van der Waals surface area contributed by atoms with Gasteiger partial charge in [0.2, 0.25) is 0 Å². The topological polar surface area (TPSA) is 45.1 Å². The molecule has 0 aromatic carbocycles. The Morgan fingerprint density at radius 2 is 2.23 bits per heavy atom. The summed E-state index contributed by atoms with van der Waals surface area (Å²) >= 11 is 0. The van der Waals surface area contributed by atoms with Crippen molar-refractivity contribution in [3.05, 3.63) is 29.1 Å². The molecule has 0 bridgehead atoms. The second kappa shape index (κ2) is 4.94. The first-order chi connectivity index (χ1) is 6.24. The minimum Gasteiger partial charge on any atom is -0.395 e. The average molecular weight is 180 g/mol. The summed E-state index contributed by atoms with van der Waals surface area (Å²) in [4.78, 5) is 4.22. The fourth-order valence-corrected chi connectivity index (χ4v) is 1.21. The van der Waals surface area contributed by atoms with E-state index in [9.17, 15) is 0 Å². The van der Waals surface area contributed by atoms with Crippen molar-refractivity contribution in [3.8, 4) is 0 Å². The highest BCUT2D eigenvalue weighted by atomic mass is 16.3. The molecule has 0 spiro atoms. The standard InChI is InChI=1S/C10H16N2O/c1-8-5-9(2)12-7-10(8)6-11-3-4-13/h5,7,11,13H,3-4,6H2,1-2H3. The number of aromatic nitrogens is 1. The number of nitrogens with zero attached hydrogens (tertiary/aromatic N) is 1. The Morgan fingerprint density at radius 1 is 1.46 bits per heavy atom. The van der Waals surface area contributed by atoms with Crippen LogP contribution in [-0.2, 0) is 6.54 Å². The van der Waals surface area contributed by atoms with Gasteiger partial charge in [-0.1, -0.05) is 0 Å². The largest absolute Gasteiger partial charge is 0.395 e. The monoisotopic (exact) mass is 180 g/mol. The van der Waals surface area contributed by atoms with E-state index in [1.165, 1.54) is 11.1 Å². The molecule has 0 saturated carbocycles. The molecule has 0 aliphatic heterocycles. The van der Waals surface area contributed by atoms with E-state index in [4.69, 9.17) is 5.11 Å². The second-order valence-electron chi connectivity index (χ2n) is 3.15. The number of aliphatic hydroxyl groups excluding tert-OH is 1. The summed E-state index contributed by atoms with van der Waals surface area (Å²) in [6.45, 7) is 5.65. The molecule has 3 heteroatoms. The number of aliphatic hydroxyl groups is 1. The van der Waals surface area contributed by atoms with Gasteiger partial charge in [0.1, 0.15) is 0 Å². The molecule has 0 aliphatic rings. The summed E-state index contributed by atoms with van der Waals surface area (Å²) in [5.74, 6) is 0. The first-order valence-corrected chi connectivity index (χ1v) is 4.47. The molecular formula is C10H16N2O. The molecule has 0 radical (unpaired) electrons. The van der Waals surface area contributed by atoms with Crippen LogP contribution in [0.15, 0.2) is 12.3 Å². The molecule has 72 valence electrons. The van der Waals surface area contributed by atoms with Crippen LogP contribution in [0, 0.1) is 13.8 Å². The molecule has 0 saturated heterocycles. The lowest BCUT2D eigenvalue weighted by molar-refractivity contribution is 0.292. The van der Waals surface area contributed by atoms with Gasteiger partial charge in [-0.25, -0.2) is 0 Å². The predicted molar refractivity (Wildman–Crippen MR) is 52.5 cm³/mol. The van der Waals surface area contributed by atoms with Crippen molar-refractivity contribution in [2.45, 2.75) is 20.4 Å². The molecule has 13 heavy (non-hydrogen) atoms. The van der Waals surface area contributed by atoms with E-state index in [2.05, 4.69) is 23.3 Å². The Bertz CT molecular complexity index is 274. The molecule has 1 rings (SSSR count). The van der Waals surface area contributed by atoms with Crippen molar-refractivity contribution in [1.29, 1.82) is 0 Å². The summed E-state index contributed by atoms with van der Waals surface area (Å²) in [7, 11) is 0. The molecule has 0 atom stereocenters. The first-order valence-electron chi connectivity index (χ1n) is 4.47. The van der Waals surface area contributed by atoms with Gasteiger partial charge in [-0.3, -0.25) is 4.98 Å². The summed E-state index contributed by atoms with van der Waals surface area (Å²) in [6.07, 6.45) is 1.88. The zero-order chi connectivity index (χ0) is 9.68. The Balaban J connectivity index is 2.56. The second-order valence-corrected chi connectivity index (χ2v) is 3.15. The van der Waals surface area contributed by atoms with Crippen molar-refractivity contribution in [3.63, 3.8) is 0 Å². The van der Waals surface area contributed by atoms with Crippen molar-refractivity contribution < 1.29 is 5.11 Å². The maximum absolute atomic E-state index is 8.58. The Morgan fingerprint density at radius 3 is 2.85 bits per heavy atom. The molecule has 1 aromatic rings. The van der Waals surface area contributed by atoms with E-state index in [0.717, 1.165) is 12.2 Å². The van der Waals surface area contributed by atoms with Crippen molar-refractivity contribution in [1.82, 2.24) is 10.3 Å². The number of aryl methyl sites for hydroxylation is 2. The lowest BCUT2D eigenvalue weighted by atomic mass is 10.1. The van der Waals surface area contributed by atoms with Gasteiger partial charge in [0, 0.05) is 25.0 Å². The van der Waals surface area contributed by atoms with Crippen molar-refractivity contribution >= 4 is 0 Å². The summed E-state index contributed by atoms with van der Waals surface area (Å²) in [5, 5.41) is 11.7. The highest BCUT2D eigenvalue weighted by Gasteiger charge is 1.97. The van der Waals surface area contributed by atoms with Crippen LogP contribution in [0.1, 0.15) is 16.8 Å². The SMILES string of the molecule is Cc1cc(C)c(CNCCO)cn1. The van der Waals surface area contributed by atoms with Crippen LogP contribution in [-0.4, -0.2) is 23.2 Å². The first kappa shape index (κ1) is 10.2. The minimum absolute atomic E-state index is 0.179. The lowest BCUT2D eigenvalue weighted by Crippen LogP contribution is -2.18. The maximum Gasteiger partial charge on any atom is 0.0556 e. The summed E-state index contributed by atoms with van der Waals surface area (Å²) < 4.78 is 0. The van der Waals surface area contributed by atoms with Crippen LogP contribution in [0.25, 0.3) is 0 Å². The van der Waals surface area contributed by atoms with Gasteiger partial charge >= 0.3 is 0 Å². The van der Waals surface area contributed by atoms with Crippen LogP contribution in [0.5, 0.6) is 0 Å². The Labute approximate surface area is 78.8 Å². The van der Waals surface area contributed by atoms with Gasteiger partial charge < -0.3 is 10.4 Å². The van der Waals surface area contributed by atoms with E-state index in [1.54, 1.807) is 0 Å². The van der Waals surface area contributed by atoms with Gasteiger partial charge in [0.15, 0.2) is 0 Å². The summed E-state index contributed by atoms with van der Waals surface area (Å²) in [5.41, 5.74) is 3.49. The third-order valence-corrected chi connectivity index (χ3v) is 1.96. The van der Waals surface area contributed by atoms with Crippen molar-refractivity contribution in [2.75, 3.05) is 13.2 Å². The number of pyridine rings is 1. The fraction of sp³-hybridized carbons (Fsp3) is 0.500. The normalized spacial score (nSPS) is 10.4. The highest BCUT2D eigenvalue weighted by molar-refractivity contribution is 5.24. The molecule has 0 aliphatic carbocycles. The van der Waals surface area contributed by atoms with Gasteiger partial charge in [-0.05, 0) is 31.0 Å². The van der Waals surface area contributed by atoms with E-state index >= 15 is 0 Å². The van der Waals surface area contributed by atoms with E-state index in [-0.39, 0.29) is 6.61 Å². The molecule has 1 aromatic heterocycles. The third-order valence-electron chi connectivity index (χ3n) is 1.96. The summed E-state index contributed by atoms with van der Waals surface area (Å²) in [6, 6.07) is 2.07. The van der Waals surface area contributed by atoms with Crippen LogP contribution in [0.2, 0.25) is 0 Å². The fourth-order valence-electron chi connectivity index (χ4n) is 1.21. The number of nitrogens with one attached hydrogen (secondary N) is 1. The van der Waals surface area contributed by atoms with Gasteiger partial charge in [-0.2, -0.15) is 0 Å². The molecular weight excluding hydrogens is 164 g/mol. The Hall–Kier alpha value is -0.930. The number of hydrogen-bond acceptors (Lipinski definition) is 3. The number of hydrogen-bond donors (Lipinski definition) is 2. The minimum atomic E-state index is 0.179. The van der Waals surface area contributed by atoms with Gasteiger partial charge in [0.05, 0.1) is 6.61 Å². The lowest BCUT2D eigenvalue weighted by Gasteiger charge is -2.06. The van der Waals surface area contributed by atoms with Gasteiger partial charge in [0.25, 0.3) is 0 Å². The van der Waals surface area contributed by atoms with Gasteiger partial charge in [-0.15, -0.1) is 0 Å². The zero-order valence-corrected chi connectivity index (χ0v) is 8.17. The zero-order valence-electron chi connectivity index (χ0n) is 8.17. The van der Waals surface area contributed by atoms with Crippen molar-refractivity contribution in [2.24, 2.45) is 0 Å². The predicted octanol–water partition coefficient (Wildman–Crippen LogP) is 0.780. The molecule has 3 nitrogen and oxygen atoms in total. The molecule has 0 amide bonds. The van der Waals surface area contributed by atoms with E-state index < -0.39 is 0 Å². The average Bonchev–Trinajstić information content (AvgIpc) is 2.09. The molecule has 2 N–H and O–H groups in total.